The number of benzene rings is 2. The number of ether oxygens (including phenoxy) is 2. The number of halogens is 4. The van der Waals surface area contributed by atoms with Gasteiger partial charge in [0.2, 0.25) is 18.2 Å². The fraction of sp³-hybridized carbons (Fsp3) is 0.485. The molecule has 47 heavy (non-hydrogen) atoms. The number of aromatic nitrogens is 1. The zero-order valence-electron chi connectivity index (χ0n) is 26.1. The van der Waals surface area contributed by atoms with Gasteiger partial charge in [0.1, 0.15) is 23.4 Å². The van der Waals surface area contributed by atoms with E-state index in [1.165, 1.54) is 25.0 Å². The van der Waals surface area contributed by atoms with E-state index in [0.717, 1.165) is 50.5 Å². The highest BCUT2D eigenvalue weighted by molar-refractivity contribution is 5.85. The van der Waals surface area contributed by atoms with Crippen LogP contribution in [0.15, 0.2) is 40.8 Å². The molecule has 2 heterocycles. The Morgan fingerprint density at radius 3 is 2.38 bits per heavy atom. The Balaban J connectivity index is 0.000000185. The van der Waals surface area contributed by atoms with Gasteiger partial charge in [0.15, 0.2) is 11.5 Å². The molecular formula is C33H39F4N5O5. The van der Waals surface area contributed by atoms with Crippen LogP contribution in [0.25, 0.3) is 11.5 Å². The first-order chi connectivity index (χ1) is 22.6. The van der Waals surface area contributed by atoms with Crippen LogP contribution in [0.4, 0.5) is 17.6 Å². The minimum absolute atomic E-state index is 0.00623. The van der Waals surface area contributed by atoms with Gasteiger partial charge >= 0.3 is 6.61 Å². The van der Waals surface area contributed by atoms with Crippen molar-refractivity contribution in [2.45, 2.75) is 51.8 Å². The summed E-state index contributed by atoms with van der Waals surface area (Å²) in [5, 5.41) is 2.36. The van der Waals surface area contributed by atoms with Crippen LogP contribution in [-0.2, 0) is 16.1 Å². The van der Waals surface area contributed by atoms with Crippen LogP contribution in [0.5, 0.6) is 11.5 Å². The summed E-state index contributed by atoms with van der Waals surface area (Å²) in [6.45, 7) is 3.36. The van der Waals surface area contributed by atoms with Gasteiger partial charge in [-0.05, 0) is 68.7 Å². The number of hydrogen-bond donors (Lipinski definition) is 2. The quantitative estimate of drug-likeness (QED) is 0.198. The predicted molar refractivity (Wildman–Crippen MR) is 163 cm³/mol. The van der Waals surface area contributed by atoms with E-state index in [-0.39, 0.29) is 29.5 Å². The van der Waals surface area contributed by atoms with Gasteiger partial charge < -0.3 is 29.8 Å². The van der Waals surface area contributed by atoms with Crippen LogP contribution in [0, 0.1) is 30.4 Å². The van der Waals surface area contributed by atoms with Crippen molar-refractivity contribution in [3.8, 4) is 23.0 Å². The number of rotatable bonds is 13. The second-order valence-electron chi connectivity index (χ2n) is 12.0. The summed E-state index contributed by atoms with van der Waals surface area (Å²) >= 11 is 0. The summed E-state index contributed by atoms with van der Waals surface area (Å²) < 4.78 is 67.8. The molecule has 1 aromatic heterocycles. The van der Waals surface area contributed by atoms with Gasteiger partial charge in [-0.2, -0.15) is 8.78 Å². The van der Waals surface area contributed by atoms with Gasteiger partial charge in [0.25, 0.3) is 0 Å². The van der Waals surface area contributed by atoms with Crippen LogP contribution in [0.1, 0.15) is 48.7 Å². The molecule has 1 aliphatic heterocycles. The topological polar surface area (TPSA) is 123 Å². The molecule has 6 rings (SSSR count). The van der Waals surface area contributed by atoms with Crippen molar-refractivity contribution in [3.63, 3.8) is 0 Å². The number of oxazole rings is 1. The standard InChI is InChI=1S/C17H21F2N3O2.C16H18F2N2O3/c18-13-3-4-14(15(19)9-13)16(20-11-23)17(24)22-7-5-21(6-8-22)10-12-1-2-12;1-9-14(7-19)22-15(20-9)11-4-5-12(23-16(17)18)13(6-11)21-8-10-2-3-10/h3-4,9,11-12,16H,1-2,5-8,10H2,(H,20,23);4-6,10,16H,2-3,7-8,19H2,1H3. The van der Waals surface area contributed by atoms with Crippen molar-refractivity contribution in [2.24, 2.45) is 17.6 Å². The van der Waals surface area contributed by atoms with E-state index in [2.05, 4.69) is 19.9 Å². The SMILES string of the molecule is Cc1nc(-c2ccc(OC(F)F)c(OCC3CC3)c2)oc1CN.O=CNC(C(=O)N1CCN(CC2CC2)CC1)c1ccc(F)cc1F. The monoisotopic (exact) mass is 661 g/mol. The van der Waals surface area contributed by atoms with Crippen LogP contribution in [0.3, 0.4) is 0 Å². The zero-order valence-corrected chi connectivity index (χ0v) is 26.1. The van der Waals surface area contributed by atoms with Gasteiger partial charge in [0, 0.05) is 49.9 Å². The number of nitrogens with one attached hydrogen (secondary N) is 1. The molecule has 2 aromatic carbocycles. The third kappa shape index (κ3) is 9.44. The molecule has 3 fully saturated rings. The number of carbonyl (C=O) groups is 2. The van der Waals surface area contributed by atoms with Crippen LogP contribution in [0.2, 0.25) is 0 Å². The molecule has 1 saturated heterocycles. The summed E-state index contributed by atoms with van der Waals surface area (Å²) in [7, 11) is 0. The van der Waals surface area contributed by atoms with E-state index < -0.39 is 24.3 Å². The Bertz CT molecular complexity index is 1520. The third-order valence-corrected chi connectivity index (χ3v) is 8.31. The van der Waals surface area contributed by atoms with E-state index in [9.17, 15) is 27.2 Å². The molecule has 3 aromatic rings. The lowest BCUT2D eigenvalue weighted by Gasteiger charge is -2.36. The molecule has 0 radical (unpaired) electrons. The average molecular weight is 662 g/mol. The fourth-order valence-electron chi connectivity index (χ4n) is 5.28. The van der Waals surface area contributed by atoms with Crippen molar-refractivity contribution in [3.05, 3.63) is 65.1 Å². The highest BCUT2D eigenvalue weighted by Crippen LogP contribution is 2.36. The van der Waals surface area contributed by atoms with E-state index in [1.54, 1.807) is 24.0 Å². The fourth-order valence-corrected chi connectivity index (χ4v) is 5.28. The number of piperazine rings is 1. The Kier molecular flexibility index (Phi) is 11.4. The van der Waals surface area contributed by atoms with Gasteiger partial charge in [-0.1, -0.05) is 6.07 Å². The van der Waals surface area contributed by atoms with Crippen LogP contribution >= 0.6 is 0 Å². The van der Waals surface area contributed by atoms with Gasteiger partial charge in [-0.15, -0.1) is 0 Å². The summed E-state index contributed by atoms with van der Waals surface area (Å²) in [4.78, 5) is 31.8. The third-order valence-electron chi connectivity index (χ3n) is 8.31. The minimum Gasteiger partial charge on any atom is -0.489 e. The maximum absolute atomic E-state index is 14.0. The first kappa shape index (κ1) is 34.2. The number of carbonyl (C=O) groups excluding carboxylic acids is 2. The first-order valence-electron chi connectivity index (χ1n) is 15.7. The lowest BCUT2D eigenvalue weighted by molar-refractivity contribution is -0.136. The number of hydrogen-bond acceptors (Lipinski definition) is 8. The molecule has 3 N–H and O–H groups in total. The molecule has 3 aliphatic rings. The maximum atomic E-state index is 14.0. The molecule has 1 atom stereocenters. The second kappa shape index (κ2) is 15.6. The maximum Gasteiger partial charge on any atom is 0.387 e. The first-order valence-corrected chi connectivity index (χ1v) is 15.7. The minimum atomic E-state index is -2.91. The Morgan fingerprint density at radius 2 is 1.79 bits per heavy atom. The largest absolute Gasteiger partial charge is 0.489 e. The summed E-state index contributed by atoms with van der Waals surface area (Å²) in [5.41, 5.74) is 6.89. The summed E-state index contributed by atoms with van der Waals surface area (Å²) in [6.07, 6.45) is 5.14. The van der Waals surface area contributed by atoms with Gasteiger partial charge in [-0.25, -0.2) is 13.8 Å². The Morgan fingerprint density at radius 1 is 1.06 bits per heavy atom. The molecule has 2 saturated carbocycles. The van der Waals surface area contributed by atoms with E-state index in [4.69, 9.17) is 14.9 Å². The molecule has 10 nitrogen and oxygen atoms in total. The molecule has 254 valence electrons. The second-order valence-corrected chi connectivity index (χ2v) is 12.0. The molecule has 2 aliphatic carbocycles. The number of nitrogens with zero attached hydrogens (tertiary/aromatic N) is 3. The summed E-state index contributed by atoms with van der Waals surface area (Å²) in [5.74, 6) is 0.606. The zero-order chi connectivity index (χ0) is 33.5. The summed E-state index contributed by atoms with van der Waals surface area (Å²) in [6, 6.07) is 6.52. The number of nitrogens with two attached hydrogens (primary N) is 1. The number of alkyl halides is 2. The number of amides is 2. The Labute approximate surface area is 270 Å². The van der Waals surface area contributed by atoms with Crippen molar-refractivity contribution in [1.29, 1.82) is 0 Å². The predicted octanol–water partition coefficient (Wildman–Crippen LogP) is 4.81. The average Bonchev–Trinajstić information content (AvgIpc) is 3.99. The Hall–Kier alpha value is -4.17. The van der Waals surface area contributed by atoms with Crippen molar-refractivity contribution >= 4 is 12.3 Å². The molecule has 0 spiro atoms. The van der Waals surface area contributed by atoms with Gasteiger partial charge in [0.05, 0.1) is 18.8 Å². The van der Waals surface area contributed by atoms with Crippen LogP contribution < -0.4 is 20.5 Å². The molecular weight excluding hydrogens is 622 g/mol. The van der Waals surface area contributed by atoms with Crippen molar-refractivity contribution in [1.82, 2.24) is 20.1 Å². The molecule has 14 heteroatoms. The lowest BCUT2D eigenvalue weighted by Crippen LogP contribution is -2.51. The smallest absolute Gasteiger partial charge is 0.387 e. The molecule has 1 unspecified atom stereocenters. The number of aryl methyl sites for hydroxylation is 1. The normalized spacial score (nSPS) is 17.1. The van der Waals surface area contributed by atoms with Crippen LogP contribution in [-0.4, -0.2) is 73.0 Å². The lowest BCUT2D eigenvalue weighted by atomic mass is 10.0. The molecule has 2 amide bonds. The van der Waals surface area contributed by atoms with Gasteiger partial charge in [-0.3, -0.25) is 14.5 Å². The van der Waals surface area contributed by atoms with Crippen molar-refractivity contribution < 1.29 is 41.0 Å². The van der Waals surface area contributed by atoms with E-state index >= 15 is 0 Å². The van der Waals surface area contributed by atoms with E-state index in [1.807, 2.05) is 0 Å². The highest BCUT2D eigenvalue weighted by Gasteiger charge is 2.32. The molecule has 0 bridgehead atoms. The van der Waals surface area contributed by atoms with Crippen molar-refractivity contribution in [2.75, 3.05) is 39.3 Å². The van der Waals surface area contributed by atoms with E-state index in [0.29, 0.717) is 54.9 Å². The highest BCUT2D eigenvalue weighted by atomic mass is 19.3.